The van der Waals surface area contributed by atoms with Gasteiger partial charge >= 0.3 is 0 Å². The van der Waals surface area contributed by atoms with Crippen molar-refractivity contribution in [2.24, 2.45) is 5.73 Å². The minimum Gasteiger partial charge on any atom is -0.330 e. The number of nitrogens with one attached hydrogen (secondary N) is 1. The van der Waals surface area contributed by atoms with E-state index in [0.29, 0.717) is 6.42 Å². The Hall–Kier alpha value is -1.06. The van der Waals surface area contributed by atoms with Crippen molar-refractivity contribution in [3.63, 3.8) is 0 Å². The third kappa shape index (κ3) is 5.14. The molecule has 112 valence electrons. The largest absolute Gasteiger partial charge is 0.330 e. The number of nitrogens with two attached hydrogens (primary N) is 1. The summed E-state index contributed by atoms with van der Waals surface area (Å²) in [6.07, 6.45) is 8.43. The van der Waals surface area contributed by atoms with E-state index in [9.17, 15) is 4.79 Å². The molecule has 0 saturated heterocycles. The number of fused-ring (bicyclic) bond motifs is 1. The zero-order chi connectivity index (χ0) is 13.5. The zero-order valence-electron chi connectivity index (χ0n) is 12.0. The van der Waals surface area contributed by atoms with Gasteiger partial charge in [-0.15, -0.1) is 12.4 Å². The van der Waals surface area contributed by atoms with Crippen LogP contribution in [-0.4, -0.2) is 12.5 Å². The number of carbonyl (C=O) groups excluding carboxylic acids is 1. The van der Waals surface area contributed by atoms with Crippen LogP contribution in [0, 0.1) is 0 Å². The number of hydrogen-bond donors (Lipinski definition) is 2. The molecule has 0 fully saturated rings. The lowest BCUT2D eigenvalue weighted by molar-refractivity contribution is -0.116. The van der Waals surface area contributed by atoms with Gasteiger partial charge in [-0.2, -0.15) is 0 Å². The number of amides is 1. The summed E-state index contributed by atoms with van der Waals surface area (Å²) in [5.41, 5.74) is 9.24. The molecular formula is C16H25ClN2O. The van der Waals surface area contributed by atoms with E-state index in [0.717, 1.165) is 44.3 Å². The van der Waals surface area contributed by atoms with Gasteiger partial charge in [0.05, 0.1) is 0 Å². The molecule has 0 aromatic heterocycles. The number of halogens is 1. The average molecular weight is 297 g/mol. The number of anilines is 1. The summed E-state index contributed by atoms with van der Waals surface area (Å²) in [5.74, 6) is 0.130. The van der Waals surface area contributed by atoms with Crippen LogP contribution in [0.15, 0.2) is 18.2 Å². The van der Waals surface area contributed by atoms with Crippen molar-refractivity contribution in [2.45, 2.75) is 51.4 Å². The van der Waals surface area contributed by atoms with Crippen molar-refractivity contribution < 1.29 is 4.79 Å². The van der Waals surface area contributed by atoms with E-state index in [1.807, 2.05) is 6.07 Å². The van der Waals surface area contributed by atoms with Gasteiger partial charge in [0.25, 0.3) is 0 Å². The monoisotopic (exact) mass is 296 g/mol. The maximum atomic E-state index is 11.8. The lowest BCUT2D eigenvalue weighted by Crippen LogP contribution is -2.11. The summed E-state index contributed by atoms with van der Waals surface area (Å²) >= 11 is 0. The van der Waals surface area contributed by atoms with Crippen LogP contribution < -0.4 is 11.1 Å². The SMILES string of the molecule is Cl.NCCCCCCC(=O)Nc1ccc2c(c1)CCC2. The minimum absolute atomic E-state index is 0. The van der Waals surface area contributed by atoms with Crippen molar-refractivity contribution in [1.82, 2.24) is 0 Å². The first-order chi connectivity index (χ1) is 9.29. The average Bonchev–Trinajstić information content (AvgIpc) is 2.86. The van der Waals surface area contributed by atoms with Crippen molar-refractivity contribution in [1.29, 1.82) is 0 Å². The first-order valence-electron chi connectivity index (χ1n) is 7.41. The van der Waals surface area contributed by atoms with E-state index in [-0.39, 0.29) is 18.3 Å². The zero-order valence-corrected chi connectivity index (χ0v) is 12.8. The van der Waals surface area contributed by atoms with E-state index in [4.69, 9.17) is 5.73 Å². The molecule has 0 unspecified atom stereocenters. The Morgan fingerprint density at radius 1 is 1.10 bits per heavy atom. The number of carbonyl (C=O) groups is 1. The molecule has 20 heavy (non-hydrogen) atoms. The topological polar surface area (TPSA) is 55.1 Å². The van der Waals surface area contributed by atoms with Crippen molar-refractivity contribution in [3.8, 4) is 0 Å². The van der Waals surface area contributed by atoms with E-state index in [2.05, 4.69) is 17.4 Å². The number of hydrogen-bond acceptors (Lipinski definition) is 2. The highest BCUT2D eigenvalue weighted by molar-refractivity contribution is 5.90. The van der Waals surface area contributed by atoms with Gasteiger partial charge in [0.1, 0.15) is 0 Å². The number of unbranched alkanes of at least 4 members (excludes halogenated alkanes) is 3. The Labute approximate surface area is 127 Å². The van der Waals surface area contributed by atoms with Crippen molar-refractivity contribution in [3.05, 3.63) is 29.3 Å². The standard InChI is InChI=1S/C16H24N2O.ClH/c17-11-4-2-1-3-8-16(19)18-15-10-9-13-6-5-7-14(13)12-15;/h9-10,12H,1-8,11,17H2,(H,18,19);1H. The van der Waals surface area contributed by atoms with Gasteiger partial charge in [0, 0.05) is 12.1 Å². The predicted octanol–water partition coefficient (Wildman–Crippen LogP) is 3.44. The molecule has 0 aliphatic heterocycles. The molecule has 3 N–H and O–H groups in total. The van der Waals surface area contributed by atoms with Crippen molar-refractivity contribution in [2.75, 3.05) is 11.9 Å². The van der Waals surface area contributed by atoms with E-state index in [1.165, 1.54) is 24.0 Å². The molecule has 0 spiro atoms. The lowest BCUT2D eigenvalue weighted by atomic mass is 10.1. The van der Waals surface area contributed by atoms with Crippen LogP contribution in [0.4, 0.5) is 5.69 Å². The number of benzene rings is 1. The molecule has 1 aliphatic rings. The molecule has 1 amide bonds. The maximum absolute atomic E-state index is 11.8. The Morgan fingerprint density at radius 2 is 1.85 bits per heavy atom. The van der Waals surface area contributed by atoms with Gasteiger partial charge in [0.15, 0.2) is 0 Å². The van der Waals surface area contributed by atoms with Crippen LogP contribution in [0.2, 0.25) is 0 Å². The van der Waals surface area contributed by atoms with Gasteiger partial charge in [0.2, 0.25) is 5.91 Å². The van der Waals surface area contributed by atoms with Crippen LogP contribution in [-0.2, 0) is 17.6 Å². The van der Waals surface area contributed by atoms with Gasteiger partial charge in [-0.3, -0.25) is 4.79 Å². The quantitative estimate of drug-likeness (QED) is 0.757. The molecule has 1 aromatic rings. The Morgan fingerprint density at radius 3 is 2.65 bits per heavy atom. The number of rotatable bonds is 7. The van der Waals surface area contributed by atoms with Crippen LogP contribution in [0.25, 0.3) is 0 Å². The second kappa shape index (κ2) is 8.98. The summed E-state index contributed by atoms with van der Waals surface area (Å²) in [6, 6.07) is 6.31. The summed E-state index contributed by atoms with van der Waals surface area (Å²) in [7, 11) is 0. The molecule has 0 heterocycles. The second-order valence-electron chi connectivity index (χ2n) is 5.34. The second-order valence-corrected chi connectivity index (χ2v) is 5.34. The maximum Gasteiger partial charge on any atom is 0.224 e. The van der Waals surface area contributed by atoms with E-state index < -0.39 is 0 Å². The van der Waals surface area contributed by atoms with E-state index in [1.54, 1.807) is 0 Å². The highest BCUT2D eigenvalue weighted by atomic mass is 35.5. The molecule has 1 aliphatic carbocycles. The fourth-order valence-corrected chi connectivity index (χ4v) is 2.66. The minimum atomic E-state index is 0. The Kier molecular flexibility index (Phi) is 7.63. The summed E-state index contributed by atoms with van der Waals surface area (Å²) in [6.45, 7) is 0.751. The Bertz CT molecular complexity index is 434. The molecule has 0 bridgehead atoms. The highest BCUT2D eigenvalue weighted by Crippen LogP contribution is 2.24. The molecular weight excluding hydrogens is 272 g/mol. The van der Waals surface area contributed by atoms with Gasteiger partial charge in [-0.05, 0) is 61.9 Å². The predicted molar refractivity (Wildman–Crippen MR) is 86.5 cm³/mol. The molecule has 0 atom stereocenters. The molecule has 0 radical (unpaired) electrons. The van der Waals surface area contributed by atoms with Gasteiger partial charge in [-0.1, -0.05) is 18.9 Å². The fraction of sp³-hybridized carbons (Fsp3) is 0.562. The van der Waals surface area contributed by atoms with E-state index >= 15 is 0 Å². The van der Waals surface area contributed by atoms with Crippen LogP contribution in [0.3, 0.4) is 0 Å². The summed E-state index contributed by atoms with van der Waals surface area (Å²) in [5, 5.41) is 3.00. The Balaban J connectivity index is 0.00000200. The smallest absolute Gasteiger partial charge is 0.224 e. The molecule has 2 rings (SSSR count). The third-order valence-electron chi connectivity index (χ3n) is 3.74. The normalized spacial score (nSPS) is 12.7. The van der Waals surface area contributed by atoms with Gasteiger partial charge in [-0.25, -0.2) is 0 Å². The first-order valence-corrected chi connectivity index (χ1v) is 7.41. The molecule has 1 aromatic carbocycles. The third-order valence-corrected chi connectivity index (χ3v) is 3.74. The molecule has 0 saturated carbocycles. The summed E-state index contributed by atoms with van der Waals surface area (Å²) < 4.78 is 0. The van der Waals surface area contributed by atoms with Crippen molar-refractivity contribution >= 4 is 24.0 Å². The summed E-state index contributed by atoms with van der Waals surface area (Å²) in [4.78, 5) is 11.8. The molecule has 3 nitrogen and oxygen atoms in total. The lowest BCUT2D eigenvalue weighted by Gasteiger charge is -2.07. The fourth-order valence-electron chi connectivity index (χ4n) is 2.66. The number of aryl methyl sites for hydroxylation is 2. The van der Waals surface area contributed by atoms with Crippen LogP contribution in [0.5, 0.6) is 0 Å². The first kappa shape index (κ1) is 17.0. The van der Waals surface area contributed by atoms with Crippen LogP contribution >= 0.6 is 12.4 Å². The van der Waals surface area contributed by atoms with Gasteiger partial charge < -0.3 is 11.1 Å². The van der Waals surface area contributed by atoms with Crippen LogP contribution in [0.1, 0.15) is 49.7 Å². The highest BCUT2D eigenvalue weighted by Gasteiger charge is 2.11. The molecule has 4 heteroatoms.